The van der Waals surface area contributed by atoms with Crippen molar-refractivity contribution in [3.05, 3.63) is 24.3 Å². The lowest BCUT2D eigenvalue weighted by atomic mass is 9.86. The molecule has 1 aliphatic heterocycles. The van der Waals surface area contributed by atoms with Gasteiger partial charge in [0.15, 0.2) is 0 Å². The van der Waals surface area contributed by atoms with Gasteiger partial charge in [0.05, 0.1) is 13.2 Å². The molecular weight excluding hydrogens is 272 g/mol. The molecule has 0 radical (unpaired) electrons. The second-order valence-electron chi connectivity index (χ2n) is 3.90. The lowest BCUT2D eigenvalue weighted by Gasteiger charge is -2.24. The number of carbonyl (C=O) groups is 3. The predicted octanol–water partition coefficient (Wildman–Crippen LogP) is -1.39. The molecule has 0 aromatic rings. The molecule has 20 heavy (non-hydrogen) atoms. The first-order valence-corrected chi connectivity index (χ1v) is 5.57. The van der Waals surface area contributed by atoms with Crippen molar-refractivity contribution in [2.75, 3.05) is 19.8 Å². The first-order valence-electron chi connectivity index (χ1n) is 5.57. The van der Waals surface area contributed by atoms with Gasteiger partial charge in [0.2, 0.25) is 0 Å². The van der Waals surface area contributed by atoms with Crippen molar-refractivity contribution in [2.24, 2.45) is 5.41 Å². The van der Waals surface area contributed by atoms with Crippen molar-refractivity contribution in [3.8, 4) is 0 Å². The Hall–Kier alpha value is -2.03. The average molecular weight is 288 g/mol. The minimum absolute atomic E-state index is 0.129. The molecule has 0 unspecified atom stereocenters. The summed E-state index contributed by atoms with van der Waals surface area (Å²) in [5.41, 5.74) is -1.03. The fourth-order valence-electron chi connectivity index (χ4n) is 1.17. The van der Waals surface area contributed by atoms with Crippen LogP contribution in [0, 0.1) is 5.41 Å². The van der Waals surface area contributed by atoms with Gasteiger partial charge >= 0.3 is 17.9 Å². The van der Waals surface area contributed by atoms with Crippen LogP contribution in [0.15, 0.2) is 24.3 Å². The number of carboxylic acid groups (broad SMARTS) is 1. The second kappa shape index (κ2) is 8.97. The van der Waals surface area contributed by atoms with E-state index >= 15 is 0 Å². The van der Waals surface area contributed by atoms with E-state index in [0.717, 1.165) is 18.2 Å². The minimum atomic E-state index is -1.15. The Morgan fingerprint density at radius 1 is 1.15 bits per heavy atom. The van der Waals surface area contributed by atoms with Gasteiger partial charge in [-0.3, -0.25) is 0 Å². The zero-order valence-corrected chi connectivity index (χ0v) is 10.6. The summed E-state index contributed by atoms with van der Waals surface area (Å²) in [6, 6.07) is 0. The van der Waals surface area contributed by atoms with E-state index < -0.39 is 36.5 Å². The quantitative estimate of drug-likeness (QED) is 0.266. The third-order valence-electron chi connectivity index (χ3n) is 2.38. The van der Waals surface area contributed by atoms with E-state index in [-0.39, 0.29) is 13.0 Å². The topological polar surface area (TPSA) is 141 Å². The van der Waals surface area contributed by atoms with Gasteiger partial charge in [0.25, 0.3) is 0 Å². The number of hydrogen-bond acceptors (Lipinski definition) is 7. The molecule has 0 aromatic carbocycles. The highest BCUT2D eigenvalue weighted by molar-refractivity contribution is 6.04. The SMILES string of the molecule is O=C(O)C=CC(CO)(CO)CCO.O=C1C=CC(=O)O1. The van der Waals surface area contributed by atoms with Crippen LogP contribution in [0.1, 0.15) is 6.42 Å². The Morgan fingerprint density at radius 3 is 1.90 bits per heavy atom. The van der Waals surface area contributed by atoms with Gasteiger partial charge in [-0.1, -0.05) is 6.08 Å². The number of cyclic esters (lactones) is 2. The van der Waals surface area contributed by atoms with Crippen LogP contribution in [0.4, 0.5) is 0 Å². The van der Waals surface area contributed by atoms with Crippen LogP contribution in [0.5, 0.6) is 0 Å². The molecule has 0 fully saturated rings. The lowest BCUT2D eigenvalue weighted by Crippen LogP contribution is -2.29. The van der Waals surface area contributed by atoms with Crippen LogP contribution in [-0.2, 0) is 19.1 Å². The highest BCUT2D eigenvalue weighted by Crippen LogP contribution is 2.22. The van der Waals surface area contributed by atoms with Gasteiger partial charge in [-0.2, -0.15) is 0 Å². The number of hydrogen-bond donors (Lipinski definition) is 4. The van der Waals surface area contributed by atoms with E-state index in [1.165, 1.54) is 6.08 Å². The molecule has 0 aromatic heterocycles. The maximum Gasteiger partial charge on any atom is 0.338 e. The zero-order chi connectivity index (χ0) is 15.6. The first-order chi connectivity index (χ1) is 9.39. The molecule has 0 bridgehead atoms. The van der Waals surface area contributed by atoms with Crippen LogP contribution in [-0.4, -0.2) is 58.2 Å². The minimum Gasteiger partial charge on any atom is -0.478 e. The number of esters is 2. The molecule has 112 valence electrons. The van der Waals surface area contributed by atoms with Crippen LogP contribution >= 0.6 is 0 Å². The molecule has 0 amide bonds. The number of ether oxygens (including phenoxy) is 1. The molecule has 0 atom stereocenters. The molecule has 8 nitrogen and oxygen atoms in total. The van der Waals surface area contributed by atoms with Gasteiger partial charge in [-0.25, -0.2) is 14.4 Å². The fraction of sp³-hybridized carbons (Fsp3) is 0.417. The molecule has 0 spiro atoms. The third-order valence-corrected chi connectivity index (χ3v) is 2.38. The molecule has 0 saturated carbocycles. The third kappa shape index (κ3) is 6.78. The van der Waals surface area contributed by atoms with Crippen molar-refractivity contribution in [1.29, 1.82) is 0 Å². The highest BCUT2D eigenvalue weighted by Gasteiger charge is 2.25. The van der Waals surface area contributed by atoms with E-state index in [4.69, 9.17) is 20.4 Å². The number of carboxylic acids is 1. The summed E-state index contributed by atoms with van der Waals surface area (Å²) >= 11 is 0. The number of aliphatic hydroxyl groups is 3. The maximum atomic E-state index is 10.2. The zero-order valence-electron chi connectivity index (χ0n) is 10.6. The summed E-state index contributed by atoms with van der Waals surface area (Å²) in [5, 5.41) is 34.8. The van der Waals surface area contributed by atoms with E-state index in [1.54, 1.807) is 0 Å². The molecule has 1 heterocycles. The summed E-state index contributed by atoms with van der Waals surface area (Å²) in [7, 11) is 0. The Morgan fingerprint density at radius 2 is 1.65 bits per heavy atom. The van der Waals surface area contributed by atoms with E-state index in [1.807, 2.05) is 0 Å². The number of rotatable bonds is 6. The summed E-state index contributed by atoms with van der Waals surface area (Å²) in [6.45, 7) is -1.01. The Labute approximate surface area is 114 Å². The van der Waals surface area contributed by atoms with Gasteiger partial charge in [-0.15, -0.1) is 0 Å². The van der Waals surface area contributed by atoms with Gasteiger partial charge in [0.1, 0.15) is 0 Å². The standard InChI is InChI=1S/C8H14O5.C4H2O3/c9-4-3-8(5-10,6-11)2-1-7(12)13;5-3-1-2-4(6)7-3/h1-2,9-11H,3-6H2,(H,12,13);1-2H. The summed E-state index contributed by atoms with van der Waals surface area (Å²) in [6.07, 6.45) is 4.35. The van der Waals surface area contributed by atoms with Crippen molar-refractivity contribution in [2.45, 2.75) is 6.42 Å². The van der Waals surface area contributed by atoms with Crippen LogP contribution in [0.3, 0.4) is 0 Å². The Kier molecular flexibility index (Phi) is 8.06. The molecule has 0 saturated heterocycles. The maximum absolute atomic E-state index is 10.2. The summed E-state index contributed by atoms with van der Waals surface area (Å²) in [4.78, 5) is 30.0. The lowest BCUT2D eigenvalue weighted by molar-refractivity contribution is -0.150. The average Bonchev–Trinajstić information content (AvgIpc) is 2.79. The Bertz CT molecular complexity index is 390. The van der Waals surface area contributed by atoms with Crippen molar-refractivity contribution >= 4 is 17.9 Å². The predicted molar refractivity (Wildman–Crippen MR) is 65.3 cm³/mol. The number of aliphatic hydroxyl groups excluding tert-OH is 3. The molecule has 8 heteroatoms. The van der Waals surface area contributed by atoms with Crippen molar-refractivity contribution in [1.82, 2.24) is 0 Å². The second-order valence-corrected chi connectivity index (χ2v) is 3.90. The largest absolute Gasteiger partial charge is 0.478 e. The molecule has 4 N–H and O–H groups in total. The van der Waals surface area contributed by atoms with Crippen molar-refractivity contribution in [3.63, 3.8) is 0 Å². The van der Waals surface area contributed by atoms with Crippen molar-refractivity contribution < 1.29 is 39.5 Å². The molecule has 1 rings (SSSR count). The fourth-order valence-corrected chi connectivity index (χ4v) is 1.17. The Balaban J connectivity index is 0.000000428. The monoisotopic (exact) mass is 288 g/mol. The van der Waals surface area contributed by atoms with Crippen LogP contribution in [0.25, 0.3) is 0 Å². The number of aliphatic carboxylic acids is 1. The van der Waals surface area contributed by atoms with E-state index in [0.29, 0.717) is 0 Å². The van der Waals surface area contributed by atoms with Gasteiger partial charge < -0.3 is 25.2 Å². The van der Waals surface area contributed by atoms with E-state index in [9.17, 15) is 14.4 Å². The summed E-state index contributed by atoms with van der Waals surface area (Å²) in [5.74, 6) is -2.31. The van der Waals surface area contributed by atoms with Gasteiger partial charge in [0, 0.05) is 30.2 Å². The van der Waals surface area contributed by atoms with Crippen LogP contribution < -0.4 is 0 Å². The summed E-state index contributed by atoms with van der Waals surface area (Å²) < 4.78 is 3.97. The normalized spacial score (nSPS) is 14.2. The smallest absolute Gasteiger partial charge is 0.338 e. The van der Waals surface area contributed by atoms with Crippen LogP contribution in [0.2, 0.25) is 0 Å². The highest BCUT2D eigenvalue weighted by atomic mass is 16.6. The van der Waals surface area contributed by atoms with E-state index in [2.05, 4.69) is 4.74 Å². The molecular formula is C12H16O8. The first kappa shape index (κ1) is 18.0. The molecule has 0 aliphatic carbocycles. The van der Waals surface area contributed by atoms with Gasteiger partial charge in [-0.05, 0) is 6.42 Å². The molecule has 1 aliphatic rings. The number of carbonyl (C=O) groups excluding carboxylic acids is 2.